The fourth-order valence-corrected chi connectivity index (χ4v) is 2.35. The predicted octanol–water partition coefficient (Wildman–Crippen LogP) is 3.45. The summed E-state index contributed by atoms with van der Waals surface area (Å²) in [5.41, 5.74) is 7.07. The second kappa shape index (κ2) is 4.13. The summed E-state index contributed by atoms with van der Waals surface area (Å²) < 4.78 is 0. The number of rotatable bonds is 2. The summed E-state index contributed by atoms with van der Waals surface area (Å²) in [7, 11) is 0. The molecule has 3 heteroatoms. The minimum absolute atomic E-state index is 0.108. The van der Waals surface area contributed by atoms with Crippen molar-refractivity contribution in [3.05, 3.63) is 57.2 Å². The van der Waals surface area contributed by atoms with Gasteiger partial charge in [-0.2, -0.15) is 0 Å². The molecule has 1 heterocycles. The van der Waals surface area contributed by atoms with Gasteiger partial charge in [0.1, 0.15) is 0 Å². The van der Waals surface area contributed by atoms with Crippen LogP contribution in [-0.2, 0) is 0 Å². The molecule has 72 valence electrons. The van der Waals surface area contributed by atoms with Gasteiger partial charge in [-0.3, -0.25) is 0 Å². The van der Waals surface area contributed by atoms with Gasteiger partial charge in [0.25, 0.3) is 0 Å². The standard InChI is InChI=1S/C11H10ClNS/c12-9-5-2-1-4-8(9)11(13)10-6-3-7-14-10/h1-7,11H,13H2/t11-/m0/s1. The Morgan fingerprint density at radius 2 is 1.93 bits per heavy atom. The van der Waals surface area contributed by atoms with E-state index < -0.39 is 0 Å². The predicted molar refractivity (Wildman–Crippen MR) is 61.8 cm³/mol. The third-order valence-electron chi connectivity index (χ3n) is 2.09. The number of halogens is 1. The summed E-state index contributed by atoms with van der Waals surface area (Å²) in [6.07, 6.45) is 0. The molecule has 0 saturated carbocycles. The molecular weight excluding hydrogens is 214 g/mol. The van der Waals surface area contributed by atoms with Crippen LogP contribution in [-0.4, -0.2) is 0 Å². The molecule has 1 atom stereocenters. The molecule has 0 amide bonds. The molecule has 1 aromatic carbocycles. The summed E-state index contributed by atoms with van der Waals surface area (Å²) in [4.78, 5) is 1.14. The van der Waals surface area contributed by atoms with Crippen molar-refractivity contribution in [2.45, 2.75) is 6.04 Å². The summed E-state index contributed by atoms with van der Waals surface area (Å²) in [5, 5.41) is 2.75. The Morgan fingerprint density at radius 3 is 2.57 bits per heavy atom. The zero-order valence-electron chi connectivity index (χ0n) is 7.48. The van der Waals surface area contributed by atoms with Crippen LogP contribution in [0.2, 0.25) is 5.02 Å². The maximum Gasteiger partial charge on any atom is 0.0660 e. The van der Waals surface area contributed by atoms with Crippen LogP contribution in [0.4, 0.5) is 0 Å². The average Bonchev–Trinajstić information content (AvgIpc) is 2.70. The molecule has 2 N–H and O–H groups in total. The fourth-order valence-electron chi connectivity index (χ4n) is 1.35. The van der Waals surface area contributed by atoms with E-state index in [0.717, 1.165) is 15.5 Å². The van der Waals surface area contributed by atoms with Gasteiger partial charge in [-0.1, -0.05) is 35.9 Å². The van der Waals surface area contributed by atoms with E-state index >= 15 is 0 Å². The Morgan fingerprint density at radius 1 is 1.14 bits per heavy atom. The molecular formula is C11H10ClNS. The lowest BCUT2D eigenvalue weighted by Gasteiger charge is -2.11. The monoisotopic (exact) mass is 223 g/mol. The molecule has 1 aromatic heterocycles. The van der Waals surface area contributed by atoms with Gasteiger partial charge in [0.2, 0.25) is 0 Å². The molecule has 0 bridgehead atoms. The van der Waals surface area contributed by atoms with Crippen molar-refractivity contribution in [1.82, 2.24) is 0 Å². The first-order valence-corrected chi connectivity index (χ1v) is 5.58. The Labute approximate surface area is 92.1 Å². The first-order chi connectivity index (χ1) is 6.79. The van der Waals surface area contributed by atoms with E-state index in [1.807, 2.05) is 41.8 Å². The highest BCUT2D eigenvalue weighted by Crippen LogP contribution is 2.28. The van der Waals surface area contributed by atoms with Crippen molar-refractivity contribution in [1.29, 1.82) is 0 Å². The summed E-state index contributed by atoms with van der Waals surface area (Å²) in [5.74, 6) is 0. The second-order valence-corrected chi connectivity index (χ2v) is 4.40. The third-order valence-corrected chi connectivity index (χ3v) is 3.39. The number of thiophene rings is 1. The maximum absolute atomic E-state index is 6.09. The van der Waals surface area contributed by atoms with Crippen LogP contribution in [0.25, 0.3) is 0 Å². The van der Waals surface area contributed by atoms with E-state index in [9.17, 15) is 0 Å². The zero-order chi connectivity index (χ0) is 9.97. The third kappa shape index (κ3) is 1.82. The summed E-state index contributed by atoms with van der Waals surface area (Å²) >= 11 is 7.71. The van der Waals surface area contributed by atoms with E-state index in [4.69, 9.17) is 17.3 Å². The van der Waals surface area contributed by atoms with Crippen molar-refractivity contribution in [3.8, 4) is 0 Å². The highest BCUT2D eigenvalue weighted by Gasteiger charge is 2.12. The van der Waals surface area contributed by atoms with E-state index in [1.54, 1.807) is 11.3 Å². The number of hydrogen-bond acceptors (Lipinski definition) is 2. The average molecular weight is 224 g/mol. The Kier molecular flexibility index (Phi) is 2.87. The Bertz CT molecular complexity index is 411. The van der Waals surface area contributed by atoms with Crippen molar-refractivity contribution in [2.24, 2.45) is 5.73 Å². The number of hydrogen-bond donors (Lipinski definition) is 1. The van der Waals surface area contributed by atoms with Crippen LogP contribution in [0.15, 0.2) is 41.8 Å². The Hall–Kier alpha value is -0.830. The van der Waals surface area contributed by atoms with Gasteiger partial charge in [0.15, 0.2) is 0 Å². The van der Waals surface area contributed by atoms with Gasteiger partial charge in [-0.05, 0) is 23.1 Å². The SMILES string of the molecule is N[C@H](c1cccs1)c1ccccc1Cl. The fraction of sp³-hybridized carbons (Fsp3) is 0.0909. The normalized spacial score (nSPS) is 12.7. The smallest absolute Gasteiger partial charge is 0.0660 e. The van der Waals surface area contributed by atoms with Crippen LogP contribution >= 0.6 is 22.9 Å². The number of nitrogens with two attached hydrogens (primary N) is 1. The van der Waals surface area contributed by atoms with Crippen molar-refractivity contribution < 1.29 is 0 Å². The van der Waals surface area contributed by atoms with Crippen LogP contribution in [0.3, 0.4) is 0 Å². The van der Waals surface area contributed by atoms with Gasteiger partial charge in [-0.15, -0.1) is 11.3 Å². The summed E-state index contributed by atoms with van der Waals surface area (Å²) in [6.45, 7) is 0. The van der Waals surface area contributed by atoms with Crippen molar-refractivity contribution >= 4 is 22.9 Å². The van der Waals surface area contributed by atoms with Crippen molar-refractivity contribution in [2.75, 3.05) is 0 Å². The van der Waals surface area contributed by atoms with Gasteiger partial charge in [0.05, 0.1) is 6.04 Å². The minimum Gasteiger partial charge on any atom is -0.320 e. The zero-order valence-corrected chi connectivity index (χ0v) is 9.05. The van der Waals surface area contributed by atoms with Gasteiger partial charge >= 0.3 is 0 Å². The van der Waals surface area contributed by atoms with Crippen LogP contribution in [0, 0.1) is 0 Å². The molecule has 0 saturated heterocycles. The number of benzene rings is 1. The molecule has 1 nitrogen and oxygen atoms in total. The van der Waals surface area contributed by atoms with Crippen molar-refractivity contribution in [3.63, 3.8) is 0 Å². The molecule has 0 aliphatic carbocycles. The lowest BCUT2D eigenvalue weighted by Crippen LogP contribution is -2.10. The van der Waals surface area contributed by atoms with E-state index in [0.29, 0.717) is 0 Å². The van der Waals surface area contributed by atoms with E-state index in [2.05, 4.69) is 0 Å². The Balaban J connectivity index is 2.37. The quantitative estimate of drug-likeness (QED) is 0.829. The van der Waals surface area contributed by atoms with Gasteiger partial charge in [-0.25, -0.2) is 0 Å². The molecule has 0 unspecified atom stereocenters. The minimum atomic E-state index is -0.108. The highest BCUT2D eigenvalue weighted by atomic mass is 35.5. The van der Waals surface area contributed by atoms with E-state index in [1.165, 1.54) is 0 Å². The second-order valence-electron chi connectivity index (χ2n) is 3.01. The topological polar surface area (TPSA) is 26.0 Å². The van der Waals surface area contributed by atoms with Crippen LogP contribution in [0.5, 0.6) is 0 Å². The molecule has 0 aliphatic rings. The summed E-state index contributed by atoms with van der Waals surface area (Å²) in [6, 6.07) is 11.6. The largest absolute Gasteiger partial charge is 0.320 e. The molecule has 2 aromatic rings. The highest BCUT2D eigenvalue weighted by molar-refractivity contribution is 7.10. The lowest BCUT2D eigenvalue weighted by molar-refractivity contribution is 0.894. The van der Waals surface area contributed by atoms with E-state index in [-0.39, 0.29) is 6.04 Å². The molecule has 0 fully saturated rings. The first-order valence-electron chi connectivity index (χ1n) is 4.32. The molecule has 14 heavy (non-hydrogen) atoms. The molecule has 0 radical (unpaired) electrons. The molecule has 2 rings (SSSR count). The first kappa shape index (κ1) is 9.71. The molecule has 0 aliphatic heterocycles. The molecule has 0 spiro atoms. The van der Waals surface area contributed by atoms with Crippen LogP contribution in [0.1, 0.15) is 16.5 Å². The maximum atomic E-state index is 6.09. The lowest BCUT2D eigenvalue weighted by atomic mass is 10.1. The van der Waals surface area contributed by atoms with Gasteiger partial charge in [0, 0.05) is 9.90 Å². The van der Waals surface area contributed by atoms with Crippen LogP contribution < -0.4 is 5.73 Å². The van der Waals surface area contributed by atoms with Gasteiger partial charge < -0.3 is 5.73 Å².